The van der Waals surface area contributed by atoms with E-state index >= 15 is 0 Å². The van der Waals surface area contributed by atoms with Gasteiger partial charge in [0.1, 0.15) is 5.65 Å². The van der Waals surface area contributed by atoms with E-state index in [1.807, 2.05) is 6.20 Å². The van der Waals surface area contributed by atoms with Crippen molar-refractivity contribution in [3.63, 3.8) is 0 Å². The molecular formula is C21H26N4. The standard InChI is InChI=1S/C21H26N4/c1-4-16-14-22-21-19(15(16)2)13-20(23-21)17-5-7-18(8-6-17)25-11-9-24(3)10-12-25/h5-8,13-14H,4,9-12H2,1-3H3,(H,22,23). The number of piperazine rings is 1. The summed E-state index contributed by atoms with van der Waals surface area (Å²) in [5.41, 5.74) is 7.31. The summed E-state index contributed by atoms with van der Waals surface area (Å²) in [5.74, 6) is 0. The summed E-state index contributed by atoms with van der Waals surface area (Å²) >= 11 is 0. The van der Waals surface area contributed by atoms with Gasteiger partial charge in [-0.05, 0) is 55.3 Å². The molecule has 0 bridgehead atoms. The number of aromatic nitrogens is 2. The predicted molar refractivity (Wildman–Crippen MR) is 105 cm³/mol. The van der Waals surface area contributed by atoms with Crippen LogP contribution in [0.5, 0.6) is 0 Å². The number of likely N-dealkylation sites (N-methyl/N-ethyl adjacent to an activating group) is 1. The number of aryl methyl sites for hydroxylation is 2. The van der Waals surface area contributed by atoms with Crippen LogP contribution in [0.15, 0.2) is 36.5 Å². The Morgan fingerprint density at radius 2 is 1.80 bits per heavy atom. The minimum Gasteiger partial charge on any atom is -0.369 e. The molecule has 4 heteroatoms. The molecule has 0 amide bonds. The number of hydrogen-bond donors (Lipinski definition) is 1. The first-order valence-electron chi connectivity index (χ1n) is 9.17. The molecule has 0 unspecified atom stereocenters. The van der Waals surface area contributed by atoms with E-state index in [1.54, 1.807) is 0 Å². The maximum Gasteiger partial charge on any atom is 0.137 e. The van der Waals surface area contributed by atoms with E-state index in [0.29, 0.717) is 0 Å². The molecule has 0 saturated carbocycles. The summed E-state index contributed by atoms with van der Waals surface area (Å²) in [5, 5.41) is 1.23. The first-order chi connectivity index (χ1) is 12.2. The second kappa shape index (κ2) is 6.52. The van der Waals surface area contributed by atoms with E-state index in [9.17, 15) is 0 Å². The first-order valence-corrected chi connectivity index (χ1v) is 9.17. The molecule has 1 aliphatic heterocycles. The maximum atomic E-state index is 4.59. The van der Waals surface area contributed by atoms with E-state index in [2.05, 4.69) is 71.0 Å². The Kier molecular flexibility index (Phi) is 4.22. The number of hydrogen-bond acceptors (Lipinski definition) is 3. The Morgan fingerprint density at radius 3 is 2.48 bits per heavy atom. The number of nitrogens with zero attached hydrogens (tertiary/aromatic N) is 3. The summed E-state index contributed by atoms with van der Waals surface area (Å²) in [6.45, 7) is 8.84. The summed E-state index contributed by atoms with van der Waals surface area (Å²) in [4.78, 5) is 12.9. The highest BCUT2D eigenvalue weighted by Gasteiger charge is 2.14. The Morgan fingerprint density at radius 1 is 1.08 bits per heavy atom. The van der Waals surface area contributed by atoms with Crippen LogP contribution in [0.1, 0.15) is 18.1 Å². The zero-order valence-corrected chi connectivity index (χ0v) is 15.3. The van der Waals surface area contributed by atoms with E-state index in [-0.39, 0.29) is 0 Å². The molecule has 1 saturated heterocycles. The average Bonchev–Trinajstić information content (AvgIpc) is 3.08. The second-order valence-corrected chi connectivity index (χ2v) is 7.04. The van der Waals surface area contributed by atoms with Crippen molar-refractivity contribution in [2.24, 2.45) is 0 Å². The Labute approximate surface area is 149 Å². The van der Waals surface area contributed by atoms with Gasteiger partial charge in [0.15, 0.2) is 0 Å². The molecule has 1 fully saturated rings. The highest BCUT2D eigenvalue weighted by Crippen LogP contribution is 2.28. The van der Waals surface area contributed by atoms with Crippen molar-refractivity contribution in [2.75, 3.05) is 38.1 Å². The van der Waals surface area contributed by atoms with Gasteiger partial charge in [-0.1, -0.05) is 19.1 Å². The molecule has 4 rings (SSSR count). The van der Waals surface area contributed by atoms with Crippen LogP contribution in [0, 0.1) is 6.92 Å². The van der Waals surface area contributed by atoms with Gasteiger partial charge < -0.3 is 14.8 Å². The van der Waals surface area contributed by atoms with Gasteiger partial charge in [0, 0.05) is 49.1 Å². The van der Waals surface area contributed by atoms with Crippen molar-refractivity contribution in [1.82, 2.24) is 14.9 Å². The largest absolute Gasteiger partial charge is 0.369 e. The number of rotatable bonds is 3. The SMILES string of the molecule is CCc1cnc2[nH]c(-c3ccc(N4CCN(C)CC4)cc3)cc2c1C. The average molecular weight is 334 g/mol. The minimum atomic E-state index is 0.979. The molecular weight excluding hydrogens is 308 g/mol. The minimum absolute atomic E-state index is 0.979. The molecule has 130 valence electrons. The van der Waals surface area contributed by atoms with Crippen molar-refractivity contribution >= 4 is 16.7 Å². The van der Waals surface area contributed by atoms with E-state index in [0.717, 1.165) is 43.9 Å². The molecule has 0 spiro atoms. The third-order valence-electron chi connectivity index (χ3n) is 5.46. The van der Waals surface area contributed by atoms with Crippen LogP contribution in [0.2, 0.25) is 0 Å². The van der Waals surface area contributed by atoms with Crippen molar-refractivity contribution < 1.29 is 0 Å². The van der Waals surface area contributed by atoms with Crippen LogP contribution < -0.4 is 4.90 Å². The fourth-order valence-corrected chi connectivity index (χ4v) is 3.67. The molecule has 1 aliphatic rings. The van der Waals surface area contributed by atoms with Crippen molar-refractivity contribution in [3.05, 3.63) is 47.7 Å². The normalized spacial score (nSPS) is 15.9. The van der Waals surface area contributed by atoms with Crippen molar-refractivity contribution in [2.45, 2.75) is 20.3 Å². The number of H-pyrrole nitrogens is 1. The molecule has 1 aromatic carbocycles. The Balaban J connectivity index is 1.62. The fourth-order valence-electron chi connectivity index (χ4n) is 3.67. The molecule has 2 aromatic heterocycles. The number of pyridine rings is 1. The smallest absolute Gasteiger partial charge is 0.137 e. The summed E-state index contributed by atoms with van der Waals surface area (Å²) in [7, 11) is 2.19. The molecule has 0 radical (unpaired) electrons. The van der Waals surface area contributed by atoms with Gasteiger partial charge in [0.2, 0.25) is 0 Å². The van der Waals surface area contributed by atoms with Crippen molar-refractivity contribution in [1.29, 1.82) is 0 Å². The lowest BCUT2D eigenvalue weighted by molar-refractivity contribution is 0.313. The van der Waals surface area contributed by atoms with Crippen LogP contribution in [-0.4, -0.2) is 48.1 Å². The number of nitrogens with one attached hydrogen (secondary N) is 1. The fraction of sp³-hybridized carbons (Fsp3) is 0.381. The van der Waals surface area contributed by atoms with Gasteiger partial charge in [0.05, 0.1) is 0 Å². The molecule has 25 heavy (non-hydrogen) atoms. The lowest BCUT2D eigenvalue weighted by atomic mass is 10.1. The van der Waals surface area contributed by atoms with Crippen LogP contribution in [0.25, 0.3) is 22.3 Å². The van der Waals surface area contributed by atoms with Gasteiger partial charge in [-0.2, -0.15) is 0 Å². The summed E-state index contributed by atoms with van der Waals surface area (Å²) in [6, 6.07) is 11.2. The van der Waals surface area contributed by atoms with Crippen LogP contribution in [0.3, 0.4) is 0 Å². The number of fused-ring (bicyclic) bond motifs is 1. The van der Waals surface area contributed by atoms with E-state index in [1.165, 1.54) is 27.8 Å². The van der Waals surface area contributed by atoms with E-state index < -0.39 is 0 Å². The number of benzene rings is 1. The monoisotopic (exact) mass is 334 g/mol. The zero-order valence-electron chi connectivity index (χ0n) is 15.3. The van der Waals surface area contributed by atoms with Crippen molar-refractivity contribution in [3.8, 4) is 11.3 Å². The maximum absolute atomic E-state index is 4.59. The van der Waals surface area contributed by atoms with Crippen LogP contribution in [-0.2, 0) is 6.42 Å². The van der Waals surface area contributed by atoms with Gasteiger partial charge in [0.25, 0.3) is 0 Å². The number of anilines is 1. The van der Waals surface area contributed by atoms with Gasteiger partial charge in [-0.25, -0.2) is 4.98 Å². The summed E-state index contributed by atoms with van der Waals surface area (Å²) in [6.07, 6.45) is 3.02. The third kappa shape index (κ3) is 3.02. The van der Waals surface area contributed by atoms with Gasteiger partial charge in [-0.3, -0.25) is 0 Å². The van der Waals surface area contributed by atoms with Crippen LogP contribution >= 0.6 is 0 Å². The second-order valence-electron chi connectivity index (χ2n) is 7.04. The highest BCUT2D eigenvalue weighted by molar-refractivity contribution is 5.86. The van der Waals surface area contributed by atoms with Gasteiger partial charge >= 0.3 is 0 Å². The lowest BCUT2D eigenvalue weighted by Crippen LogP contribution is -2.44. The molecule has 0 aliphatic carbocycles. The predicted octanol–water partition coefficient (Wildman–Crippen LogP) is 3.85. The molecule has 3 heterocycles. The molecule has 3 aromatic rings. The lowest BCUT2D eigenvalue weighted by Gasteiger charge is -2.34. The molecule has 0 atom stereocenters. The molecule has 1 N–H and O–H groups in total. The molecule has 4 nitrogen and oxygen atoms in total. The Hall–Kier alpha value is -2.33. The van der Waals surface area contributed by atoms with E-state index in [4.69, 9.17) is 0 Å². The highest BCUT2D eigenvalue weighted by atomic mass is 15.2. The first kappa shape index (κ1) is 16.2. The topological polar surface area (TPSA) is 35.2 Å². The quantitative estimate of drug-likeness (QED) is 0.790. The Bertz CT molecular complexity index is 871. The van der Waals surface area contributed by atoms with Gasteiger partial charge in [-0.15, -0.1) is 0 Å². The number of aromatic amines is 1. The third-order valence-corrected chi connectivity index (χ3v) is 5.46. The summed E-state index contributed by atoms with van der Waals surface area (Å²) < 4.78 is 0. The zero-order chi connectivity index (χ0) is 17.4. The van der Waals surface area contributed by atoms with Crippen LogP contribution in [0.4, 0.5) is 5.69 Å².